The molecule has 1 amide bonds. The summed E-state index contributed by atoms with van der Waals surface area (Å²) < 4.78 is 7.34. The lowest BCUT2D eigenvalue weighted by atomic mass is 10.2. The maximum absolute atomic E-state index is 12.5. The molecule has 0 saturated carbocycles. The number of aromatic amines is 1. The molecule has 0 spiro atoms. The first-order chi connectivity index (χ1) is 14.9. The van der Waals surface area contributed by atoms with E-state index in [-0.39, 0.29) is 11.4 Å². The number of imidazole rings is 1. The van der Waals surface area contributed by atoms with Gasteiger partial charge in [-0.15, -0.1) is 0 Å². The fourth-order valence-electron chi connectivity index (χ4n) is 2.83. The van der Waals surface area contributed by atoms with Crippen LogP contribution < -0.4 is 15.6 Å². The number of ether oxygens (including phenoxy) is 1. The Morgan fingerprint density at radius 3 is 2.81 bits per heavy atom. The number of H-pyrrole nitrogens is 1. The summed E-state index contributed by atoms with van der Waals surface area (Å²) in [5, 5.41) is 2.72. The van der Waals surface area contributed by atoms with Crippen LogP contribution in [0.3, 0.4) is 0 Å². The van der Waals surface area contributed by atoms with E-state index in [4.69, 9.17) is 4.74 Å². The molecule has 0 unspecified atom stereocenters. The number of carbonyl (C=O) groups is 1. The number of hydrogen-bond acceptors (Lipinski definition) is 4. The molecule has 3 rings (SSSR count). The van der Waals surface area contributed by atoms with Crippen molar-refractivity contribution in [2.45, 2.75) is 13.8 Å². The molecule has 0 radical (unpaired) electrons. The van der Waals surface area contributed by atoms with Crippen molar-refractivity contribution >= 4 is 17.2 Å². The first kappa shape index (κ1) is 21.6. The van der Waals surface area contributed by atoms with Crippen molar-refractivity contribution < 1.29 is 9.53 Å². The van der Waals surface area contributed by atoms with Crippen molar-refractivity contribution in [2.75, 3.05) is 5.32 Å². The van der Waals surface area contributed by atoms with Crippen molar-refractivity contribution in [1.29, 1.82) is 0 Å². The minimum Gasteiger partial charge on any atom is -0.457 e. The molecule has 2 aromatic heterocycles. The summed E-state index contributed by atoms with van der Waals surface area (Å²) >= 11 is 0. The molecular formula is C24H24N4O3. The highest BCUT2D eigenvalue weighted by molar-refractivity contribution is 6.01. The first-order valence-electron chi connectivity index (χ1n) is 9.64. The summed E-state index contributed by atoms with van der Waals surface area (Å²) in [6, 6.07) is 10.7. The van der Waals surface area contributed by atoms with Gasteiger partial charge in [-0.2, -0.15) is 0 Å². The molecular weight excluding hydrogens is 392 g/mol. The molecule has 1 aromatic carbocycles. The Morgan fingerprint density at radius 2 is 2.10 bits per heavy atom. The molecule has 158 valence electrons. The van der Waals surface area contributed by atoms with E-state index in [0.717, 1.165) is 16.9 Å². The summed E-state index contributed by atoms with van der Waals surface area (Å²) in [4.78, 5) is 31.1. The zero-order valence-corrected chi connectivity index (χ0v) is 17.7. The fourth-order valence-corrected chi connectivity index (χ4v) is 2.83. The monoisotopic (exact) mass is 416 g/mol. The van der Waals surface area contributed by atoms with Gasteiger partial charge in [0.2, 0.25) is 5.56 Å². The number of hydrogen-bond donors (Lipinski definition) is 2. The van der Waals surface area contributed by atoms with E-state index in [1.807, 2.05) is 44.2 Å². The maximum atomic E-state index is 12.5. The molecule has 7 heteroatoms. The van der Waals surface area contributed by atoms with Crippen LogP contribution in [0.25, 0.3) is 5.57 Å². The van der Waals surface area contributed by atoms with E-state index in [2.05, 4.69) is 21.9 Å². The molecule has 7 nitrogen and oxygen atoms in total. The molecule has 2 heterocycles. The van der Waals surface area contributed by atoms with Crippen LogP contribution in [0.2, 0.25) is 0 Å². The lowest BCUT2D eigenvalue weighted by molar-refractivity contribution is 0.101. The smallest absolute Gasteiger partial charge is 0.291 e. The fraction of sp³-hybridized carbons (Fsp3) is 0.125. The van der Waals surface area contributed by atoms with Gasteiger partial charge in [0.1, 0.15) is 11.5 Å². The first-order valence-corrected chi connectivity index (χ1v) is 9.64. The molecule has 0 bridgehead atoms. The molecule has 0 atom stereocenters. The van der Waals surface area contributed by atoms with Crippen LogP contribution in [0.5, 0.6) is 5.75 Å². The van der Waals surface area contributed by atoms with E-state index in [1.165, 1.54) is 10.6 Å². The Labute approximate surface area is 180 Å². The maximum Gasteiger partial charge on any atom is 0.291 e. The number of amides is 1. The number of nitrogens with zero attached hydrogens (tertiary/aromatic N) is 2. The largest absolute Gasteiger partial charge is 0.457 e. The number of aromatic nitrogens is 3. The minimum absolute atomic E-state index is 0.157. The Morgan fingerprint density at radius 1 is 1.29 bits per heavy atom. The highest BCUT2D eigenvalue weighted by Gasteiger charge is 2.12. The van der Waals surface area contributed by atoms with Gasteiger partial charge in [0.05, 0.1) is 17.6 Å². The zero-order chi connectivity index (χ0) is 22.4. The summed E-state index contributed by atoms with van der Waals surface area (Å²) in [5.74, 6) is 1.07. The Bertz CT molecular complexity index is 1230. The van der Waals surface area contributed by atoms with Crippen molar-refractivity contribution in [3.05, 3.63) is 107 Å². The molecule has 3 aromatic rings. The van der Waals surface area contributed by atoms with Crippen molar-refractivity contribution in [3.8, 4) is 5.75 Å². The van der Waals surface area contributed by atoms with E-state index < -0.39 is 5.91 Å². The van der Waals surface area contributed by atoms with Gasteiger partial charge in [0, 0.05) is 19.3 Å². The summed E-state index contributed by atoms with van der Waals surface area (Å²) in [7, 11) is 1.62. The van der Waals surface area contributed by atoms with Crippen LogP contribution >= 0.6 is 0 Å². The van der Waals surface area contributed by atoms with Crippen molar-refractivity contribution in [1.82, 2.24) is 14.5 Å². The number of nitrogens with one attached hydrogen (secondary N) is 2. The summed E-state index contributed by atoms with van der Waals surface area (Å²) in [5.41, 5.74) is 2.94. The topological polar surface area (TPSA) is 89.0 Å². The lowest BCUT2D eigenvalue weighted by Gasteiger charge is -2.08. The predicted molar refractivity (Wildman–Crippen MR) is 122 cm³/mol. The van der Waals surface area contributed by atoms with E-state index >= 15 is 0 Å². The second kappa shape index (κ2) is 9.58. The molecule has 0 aliphatic carbocycles. The molecule has 31 heavy (non-hydrogen) atoms. The third kappa shape index (κ3) is 5.70. The van der Waals surface area contributed by atoms with E-state index in [0.29, 0.717) is 17.1 Å². The van der Waals surface area contributed by atoms with E-state index in [1.54, 1.807) is 37.7 Å². The van der Waals surface area contributed by atoms with Gasteiger partial charge in [-0.05, 0) is 55.3 Å². The third-order valence-corrected chi connectivity index (χ3v) is 4.43. The summed E-state index contributed by atoms with van der Waals surface area (Å²) in [6.45, 7) is 7.62. The second-order valence-electron chi connectivity index (χ2n) is 7.02. The van der Waals surface area contributed by atoms with Gasteiger partial charge in [-0.1, -0.05) is 24.8 Å². The zero-order valence-electron chi connectivity index (χ0n) is 17.7. The molecule has 0 saturated heterocycles. The summed E-state index contributed by atoms with van der Waals surface area (Å²) in [6.07, 6.45) is 8.37. The van der Waals surface area contributed by atoms with Crippen LogP contribution in [0.1, 0.15) is 28.8 Å². The average molecular weight is 416 g/mol. The van der Waals surface area contributed by atoms with Gasteiger partial charge >= 0.3 is 0 Å². The minimum atomic E-state index is -0.407. The molecule has 2 N–H and O–H groups in total. The molecule has 0 aliphatic rings. The van der Waals surface area contributed by atoms with Crippen LogP contribution in [0.4, 0.5) is 5.69 Å². The third-order valence-electron chi connectivity index (χ3n) is 4.43. The Kier molecular flexibility index (Phi) is 6.67. The van der Waals surface area contributed by atoms with Gasteiger partial charge in [0.25, 0.3) is 5.91 Å². The number of anilines is 1. The SMILES string of the molecule is C=C/C=C(\C=C(/C)c1cnc(C(=O)Nc2ccc(=O)n(C)c2)[nH]1)Oc1cccc(C)c1. The van der Waals surface area contributed by atoms with Crippen LogP contribution in [0.15, 0.2) is 84.2 Å². The normalized spacial score (nSPS) is 11.8. The van der Waals surface area contributed by atoms with Crippen LogP contribution in [0, 0.1) is 6.92 Å². The number of rotatable bonds is 7. The van der Waals surface area contributed by atoms with Gasteiger partial charge < -0.3 is 19.6 Å². The molecule has 0 fully saturated rings. The van der Waals surface area contributed by atoms with Crippen LogP contribution in [-0.4, -0.2) is 20.4 Å². The van der Waals surface area contributed by atoms with Crippen molar-refractivity contribution in [3.63, 3.8) is 0 Å². The predicted octanol–water partition coefficient (Wildman–Crippen LogP) is 4.22. The van der Waals surface area contributed by atoms with Gasteiger partial charge in [-0.3, -0.25) is 9.59 Å². The van der Waals surface area contributed by atoms with Gasteiger partial charge in [-0.25, -0.2) is 4.98 Å². The quantitative estimate of drug-likeness (QED) is 0.446. The Hall–Kier alpha value is -4.13. The standard InChI is InChI=1S/C24H24N4O3/c1-5-7-19(31-20-9-6-8-16(2)12-20)13-17(3)21-14-25-23(27-21)24(30)26-18-10-11-22(29)28(4)15-18/h5-15H,1H2,2-4H3,(H,25,27)(H,26,30)/b17-13+,19-7+. The number of allylic oxidation sites excluding steroid dienone is 4. The number of pyridine rings is 1. The molecule has 0 aliphatic heterocycles. The van der Waals surface area contributed by atoms with Gasteiger partial charge in [0.15, 0.2) is 5.82 Å². The van der Waals surface area contributed by atoms with Crippen molar-refractivity contribution in [2.24, 2.45) is 7.05 Å². The van der Waals surface area contributed by atoms with E-state index in [9.17, 15) is 9.59 Å². The highest BCUT2D eigenvalue weighted by atomic mass is 16.5. The number of carbonyl (C=O) groups excluding carboxylic acids is 1. The Balaban J connectivity index is 1.76. The lowest BCUT2D eigenvalue weighted by Crippen LogP contribution is -2.18. The number of aryl methyl sites for hydroxylation is 2. The second-order valence-corrected chi connectivity index (χ2v) is 7.02. The highest BCUT2D eigenvalue weighted by Crippen LogP contribution is 2.20. The average Bonchev–Trinajstić information content (AvgIpc) is 3.22. The van der Waals surface area contributed by atoms with Crippen LogP contribution in [-0.2, 0) is 7.05 Å². The number of benzene rings is 1.